The summed E-state index contributed by atoms with van der Waals surface area (Å²) >= 11 is 5.98. The second kappa shape index (κ2) is 7.66. The molecule has 4 nitrogen and oxygen atoms in total. The zero-order chi connectivity index (χ0) is 15.2. The molecule has 0 spiro atoms. The second-order valence-electron chi connectivity index (χ2n) is 5.22. The summed E-state index contributed by atoms with van der Waals surface area (Å²) in [5.74, 6) is 1.13. The Balaban J connectivity index is 1.68. The third-order valence-corrected chi connectivity index (χ3v) is 4.00. The first-order chi connectivity index (χ1) is 10.1. The summed E-state index contributed by atoms with van der Waals surface area (Å²) < 4.78 is 5.84. The first-order valence-corrected chi connectivity index (χ1v) is 7.95. The molecule has 116 valence electrons. The largest absolute Gasteiger partial charge is 0.488 e. The number of ether oxygens (including phenoxy) is 1. The van der Waals surface area contributed by atoms with Crippen molar-refractivity contribution in [3.05, 3.63) is 28.8 Å². The maximum absolute atomic E-state index is 11.9. The van der Waals surface area contributed by atoms with Crippen LogP contribution in [0.15, 0.2) is 18.2 Å². The molecule has 0 bridgehead atoms. The molecule has 1 aromatic carbocycles. The highest BCUT2D eigenvalue weighted by Crippen LogP contribution is 2.30. The van der Waals surface area contributed by atoms with E-state index >= 15 is 0 Å². The van der Waals surface area contributed by atoms with Gasteiger partial charge in [0.05, 0.1) is 0 Å². The van der Waals surface area contributed by atoms with E-state index in [4.69, 9.17) is 16.3 Å². The van der Waals surface area contributed by atoms with Gasteiger partial charge >= 0.3 is 0 Å². The van der Waals surface area contributed by atoms with Gasteiger partial charge in [0, 0.05) is 44.0 Å². The van der Waals surface area contributed by atoms with Gasteiger partial charge in [-0.2, -0.15) is 0 Å². The van der Waals surface area contributed by atoms with Crippen molar-refractivity contribution in [1.29, 1.82) is 0 Å². The van der Waals surface area contributed by atoms with Crippen LogP contribution in [-0.2, 0) is 11.2 Å². The third-order valence-electron chi connectivity index (χ3n) is 3.77. The van der Waals surface area contributed by atoms with E-state index in [0.717, 1.165) is 42.4 Å². The standard InChI is InChI=1S/C16H23ClN2O2/c1-3-19(4-2)16(20)7-8-18-11-14-10-12-9-13(17)5-6-15(12)21-14/h5-6,9,14,18H,3-4,7-8,10-11H2,1-2H3. The summed E-state index contributed by atoms with van der Waals surface area (Å²) in [6.07, 6.45) is 1.53. The molecule has 1 N–H and O–H groups in total. The molecule has 5 heteroatoms. The van der Waals surface area contributed by atoms with Crippen LogP contribution in [0.1, 0.15) is 25.8 Å². The number of hydrogen-bond donors (Lipinski definition) is 1. The van der Waals surface area contributed by atoms with Crippen molar-refractivity contribution in [3.63, 3.8) is 0 Å². The molecule has 0 saturated heterocycles. The summed E-state index contributed by atoms with van der Waals surface area (Å²) in [5, 5.41) is 4.05. The van der Waals surface area contributed by atoms with Gasteiger partial charge in [-0.1, -0.05) is 11.6 Å². The molecule has 21 heavy (non-hydrogen) atoms. The Kier molecular flexibility index (Phi) is 5.88. The first kappa shape index (κ1) is 16.1. The fourth-order valence-corrected chi connectivity index (χ4v) is 2.79. The molecule has 0 aromatic heterocycles. The molecule has 1 aromatic rings. The SMILES string of the molecule is CCN(CC)C(=O)CCNCC1Cc2cc(Cl)ccc2O1. The highest BCUT2D eigenvalue weighted by atomic mass is 35.5. The van der Waals surface area contributed by atoms with E-state index < -0.39 is 0 Å². The van der Waals surface area contributed by atoms with E-state index in [9.17, 15) is 4.79 Å². The lowest BCUT2D eigenvalue weighted by atomic mass is 10.1. The van der Waals surface area contributed by atoms with Crippen molar-refractivity contribution < 1.29 is 9.53 Å². The van der Waals surface area contributed by atoms with Crippen LogP contribution >= 0.6 is 11.6 Å². The molecular weight excluding hydrogens is 288 g/mol. The van der Waals surface area contributed by atoms with Crippen LogP contribution in [0.2, 0.25) is 5.02 Å². The lowest BCUT2D eigenvalue weighted by Crippen LogP contribution is -2.35. The Labute approximate surface area is 131 Å². The van der Waals surface area contributed by atoms with Crippen LogP contribution in [0.4, 0.5) is 0 Å². The first-order valence-electron chi connectivity index (χ1n) is 7.57. The third kappa shape index (κ3) is 4.35. The fourth-order valence-electron chi connectivity index (χ4n) is 2.60. The summed E-state index contributed by atoms with van der Waals surface area (Å²) in [5.41, 5.74) is 1.16. The van der Waals surface area contributed by atoms with E-state index in [-0.39, 0.29) is 12.0 Å². The molecule has 1 heterocycles. The quantitative estimate of drug-likeness (QED) is 0.787. The van der Waals surface area contributed by atoms with Crippen LogP contribution in [-0.4, -0.2) is 43.1 Å². The van der Waals surface area contributed by atoms with Gasteiger partial charge in [0.1, 0.15) is 11.9 Å². The number of nitrogens with one attached hydrogen (secondary N) is 1. The topological polar surface area (TPSA) is 41.6 Å². The smallest absolute Gasteiger partial charge is 0.223 e. The number of fused-ring (bicyclic) bond motifs is 1. The fraction of sp³-hybridized carbons (Fsp3) is 0.562. The summed E-state index contributed by atoms with van der Waals surface area (Å²) in [6.45, 7) is 6.99. The van der Waals surface area contributed by atoms with Crippen LogP contribution in [0, 0.1) is 0 Å². The number of carbonyl (C=O) groups is 1. The van der Waals surface area contributed by atoms with Crippen molar-refractivity contribution in [3.8, 4) is 5.75 Å². The number of rotatable bonds is 7. The zero-order valence-electron chi connectivity index (χ0n) is 12.7. The molecular formula is C16H23ClN2O2. The maximum atomic E-state index is 11.9. The van der Waals surface area contributed by atoms with Gasteiger partial charge in [0.2, 0.25) is 5.91 Å². The monoisotopic (exact) mass is 310 g/mol. The lowest BCUT2D eigenvalue weighted by Gasteiger charge is -2.19. The maximum Gasteiger partial charge on any atom is 0.223 e. The molecule has 0 aliphatic carbocycles. The number of carbonyl (C=O) groups excluding carboxylic acids is 1. The Morgan fingerprint density at radius 3 is 2.90 bits per heavy atom. The van der Waals surface area contributed by atoms with E-state index in [1.165, 1.54) is 0 Å². The number of halogens is 1. The van der Waals surface area contributed by atoms with Crippen molar-refractivity contribution in [2.24, 2.45) is 0 Å². The molecule has 1 amide bonds. The van der Waals surface area contributed by atoms with Crippen molar-refractivity contribution in [2.45, 2.75) is 32.8 Å². The lowest BCUT2D eigenvalue weighted by molar-refractivity contribution is -0.130. The Morgan fingerprint density at radius 1 is 1.43 bits per heavy atom. The molecule has 1 atom stereocenters. The predicted octanol–water partition coefficient (Wildman–Crippen LogP) is 2.49. The minimum Gasteiger partial charge on any atom is -0.488 e. The van der Waals surface area contributed by atoms with E-state index in [1.807, 2.05) is 36.9 Å². The summed E-state index contributed by atoms with van der Waals surface area (Å²) in [7, 11) is 0. The Morgan fingerprint density at radius 2 is 2.19 bits per heavy atom. The second-order valence-corrected chi connectivity index (χ2v) is 5.65. The number of benzene rings is 1. The van der Waals surface area contributed by atoms with Gasteiger partial charge in [-0.25, -0.2) is 0 Å². The Hall–Kier alpha value is -1.26. The van der Waals surface area contributed by atoms with Crippen molar-refractivity contribution >= 4 is 17.5 Å². The van der Waals surface area contributed by atoms with Crippen LogP contribution in [0.25, 0.3) is 0 Å². The zero-order valence-corrected chi connectivity index (χ0v) is 13.4. The van der Waals surface area contributed by atoms with Crippen LogP contribution in [0.3, 0.4) is 0 Å². The van der Waals surface area contributed by atoms with Gasteiger partial charge in [0.25, 0.3) is 0 Å². The average Bonchev–Trinajstić information content (AvgIpc) is 2.86. The van der Waals surface area contributed by atoms with Crippen LogP contribution < -0.4 is 10.1 Å². The van der Waals surface area contributed by atoms with Gasteiger partial charge in [-0.05, 0) is 37.6 Å². The molecule has 0 fully saturated rings. The molecule has 1 unspecified atom stereocenters. The van der Waals surface area contributed by atoms with Crippen molar-refractivity contribution in [1.82, 2.24) is 10.2 Å². The highest BCUT2D eigenvalue weighted by Gasteiger charge is 2.22. The molecule has 2 rings (SSSR count). The molecule has 0 radical (unpaired) electrons. The molecule has 1 aliphatic heterocycles. The number of nitrogens with zero attached hydrogens (tertiary/aromatic N) is 1. The Bertz CT molecular complexity index is 489. The van der Waals surface area contributed by atoms with Gasteiger partial charge in [-0.15, -0.1) is 0 Å². The number of amides is 1. The minimum atomic E-state index is 0.127. The number of hydrogen-bond acceptors (Lipinski definition) is 3. The van der Waals surface area contributed by atoms with Gasteiger partial charge in [-0.3, -0.25) is 4.79 Å². The van der Waals surface area contributed by atoms with Gasteiger partial charge < -0.3 is 15.0 Å². The van der Waals surface area contributed by atoms with Gasteiger partial charge in [0.15, 0.2) is 0 Å². The normalized spacial score (nSPS) is 16.4. The van der Waals surface area contributed by atoms with E-state index in [0.29, 0.717) is 13.0 Å². The van der Waals surface area contributed by atoms with Crippen molar-refractivity contribution in [2.75, 3.05) is 26.2 Å². The van der Waals surface area contributed by atoms with E-state index in [2.05, 4.69) is 5.32 Å². The molecule has 1 aliphatic rings. The average molecular weight is 311 g/mol. The predicted molar refractivity (Wildman–Crippen MR) is 85.0 cm³/mol. The van der Waals surface area contributed by atoms with E-state index in [1.54, 1.807) is 0 Å². The highest BCUT2D eigenvalue weighted by molar-refractivity contribution is 6.30. The summed E-state index contributed by atoms with van der Waals surface area (Å²) in [4.78, 5) is 13.7. The summed E-state index contributed by atoms with van der Waals surface area (Å²) in [6, 6.07) is 5.72. The molecule has 0 saturated carbocycles. The minimum absolute atomic E-state index is 0.127. The van der Waals surface area contributed by atoms with Crippen LogP contribution in [0.5, 0.6) is 5.75 Å².